The van der Waals surface area contributed by atoms with Crippen molar-refractivity contribution in [2.45, 2.75) is 40.2 Å². The van der Waals surface area contributed by atoms with Crippen LogP contribution in [0.5, 0.6) is 0 Å². The van der Waals surface area contributed by atoms with Crippen LogP contribution in [-0.4, -0.2) is 0 Å². The second-order valence-electron chi connectivity index (χ2n) is 6.48. The van der Waals surface area contributed by atoms with Crippen LogP contribution in [0, 0.1) is 13.8 Å². The van der Waals surface area contributed by atoms with Crippen LogP contribution in [0.25, 0.3) is 5.57 Å². The second-order valence-corrected chi connectivity index (χ2v) is 6.48. The van der Waals surface area contributed by atoms with Crippen LogP contribution in [0.4, 0.5) is 0 Å². The Morgan fingerprint density at radius 2 is 1.74 bits per heavy atom. The predicted octanol–water partition coefficient (Wildman–Crippen LogP) is 5.50. The molecule has 0 spiro atoms. The summed E-state index contributed by atoms with van der Waals surface area (Å²) in [5, 5.41) is 3.60. The third kappa shape index (κ3) is 3.24. The van der Waals surface area contributed by atoms with E-state index in [1.54, 1.807) is 0 Å². The molecule has 0 bridgehead atoms. The van der Waals surface area contributed by atoms with E-state index in [0.29, 0.717) is 0 Å². The van der Waals surface area contributed by atoms with Gasteiger partial charge in [-0.25, -0.2) is 0 Å². The lowest BCUT2D eigenvalue weighted by atomic mass is 9.90. The molecule has 118 valence electrons. The van der Waals surface area contributed by atoms with Crippen LogP contribution in [-0.2, 0) is 6.42 Å². The smallest absolute Gasteiger partial charge is 0.0701 e. The van der Waals surface area contributed by atoms with Crippen molar-refractivity contribution in [2.75, 3.05) is 0 Å². The van der Waals surface area contributed by atoms with Crippen molar-refractivity contribution in [1.82, 2.24) is 5.32 Å². The summed E-state index contributed by atoms with van der Waals surface area (Å²) in [6, 6.07) is 15.7. The van der Waals surface area contributed by atoms with Crippen molar-refractivity contribution >= 4 is 5.57 Å². The maximum absolute atomic E-state index is 3.60. The summed E-state index contributed by atoms with van der Waals surface area (Å²) in [4.78, 5) is 0. The topological polar surface area (TPSA) is 12.0 Å². The zero-order valence-corrected chi connectivity index (χ0v) is 14.5. The standard InChI is InChI=1S/C22H25N/c1-5-18-10-9-16(3)12-20(18)22-13-17(4)21(14-23-22)19-8-6-7-15(2)11-19/h6-14,22-23H,5H2,1-4H3. The number of dihydropyridines is 1. The fraction of sp³-hybridized carbons (Fsp3) is 0.273. The van der Waals surface area contributed by atoms with Gasteiger partial charge in [0.1, 0.15) is 0 Å². The number of rotatable bonds is 3. The monoisotopic (exact) mass is 303 g/mol. The van der Waals surface area contributed by atoms with E-state index in [9.17, 15) is 0 Å². The van der Waals surface area contributed by atoms with Gasteiger partial charge >= 0.3 is 0 Å². The Kier molecular flexibility index (Phi) is 4.38. The van der Waals surface area contributed by atoms with Gasteiger partial charge < -0.3 is 5.32 Å². The number of allylic oxidation sites excluding steroid dienone is 2. The van der Waals surface area contributed by atoms with Gasteiger partial charge in [-0.05, 0) is 49.5 Å². The zero-order chi connectivity index (χ0) is 16.4. The summed E-state index contributed by atoms with van der Waals surface area (Å²) < 4.78 is 0. The van der Waals surface area contributed by atoms with E-state index in [4.69, 9.17) is 0 Å². The minimum absolute atomic E-state index is 0.262. The maximum Gasteiger partial charge on any atom is 0.0701 e. The summed E-state index contributed by atoms with van der Waals surface area (Å²) >= 11 is 0. The molecule has 23 heavy (non-hydrogen) atoms. The largest absolute Gasteiger partial charge is 0.380 e. The summed E-state index contributed by atoms with van der Waals surface area (Å²) in [7, 11) is 0. The van der Waals surface area contributed by atoms with E-state index >= 15 is 0 Å². The molecule has 0 saturated carbocycles. The van der Waals surface area contributed by atoms with Crippen molar-refractivity contribution in [3.05, 3.63) is 88.1 Å². The van der Waals surface area contributed by atoms with Gasteiger partial charge in [0.25, 0.3) is 0 Å². The third-order valence-corrected chi connectivity index (χ3v) is 4.60. The fourth-order valence-electron chi connectivity index (χ4n) is 3.30. The first kappa shape index (κ1) is 15.6. The average molecular weight is 303 g/mol. The van der Waals surface area contributed by atoms with E-state index in [2.05, 4.69) is 87.8 Å². The van der Waals surface area contributed by atoms with Crippen molar-refractivity contribution < 1.29 is 0 Å². The van der Waals surface area contributed by atoms with Crippen molar-refractivity contribution in [1.29, 1.82) is 0 Å². The van der Waals surface area contributed by atoms with E-state index in [0.717, 1.165) is 6.42 Å². The molecule has 0 saturated heterocycles. The average Bonchev–Trinajstić information content (AvgIpc) is 2.54. The van der Waals surface area contributed by atoms with Crippen LogP contribution < -0.4 is 5.32 Å². The lowest BCUT2D eigenvalue weighted by Gasteiger charge is -2.25. The normalized spacial score (nSPS) is 17.3. The Labute approximate surface area is 139 Å². The number of benzene rings is 2. The summed E-state index contributed by atoms with van der Waals surface area (Å²) in [6.07, 6.45) is 5.59. The van der Waals surface area contributed by atoms with E-state index < -0.39 is 0 Å². The maximum atomic E-state index is 3.60. The minimum Gasteiger partial charge on any atom is -0.380 e. The number of aryl methyl sites for hydroxylation is 3. The van der Waals surface area contributed by atoms with Crippen molar-refractivity contribution in [3.8, 4) is 0 Å². The molecular weight excluding hydrogens is 278 g/mol. The molecule has 0 radical (unpaired) electrons. The molecular formula is C22H25N. The van der Waals surface area contributed by atoms with Gasteiger partial charge in [0.2, 0.25) is 0 Å². The SMILES string of the molecule is CCc1ccc(C)cc1C1C=C(C)C(c2cccc(C)c2)=CN1. The van der Waals surface area contributed by atoms with Crippen LogP contribution >= 0.6 is 0 Å². The highest BCUT2D eigenvalue weighted by atomic mass is 14.9. The van der Waals surface area contributed by atoms with E-state index in [-0.39, 0.29) is 6.04 Å². The number of hydrogen-bond donors (Lipinski definition) is 1. The second kappa shape index (κ2) is 6.45. The Bertz CT molecular complexity index is 780. The molecule has 2 aromatic rings. The molecule has 1 unspecified atom stereocenters. The van der Waals surface area contributed by atoms with Crippen molar-refractivity contribution in [2.24, 2.45) is 0 Å². The predicted molar refractivity (Wildman–Crippen MR) is 99.3 cm³/mol. The highest BCUT2D eigenvalue weighted by Gasteiger charge is 2.17. The molecule has 3 rings (SSSR count). The number of hydrogen-bond acceptors (Lipinski definition) is 1. The fourth-order valence-corrected chi connectivity index (χ4v) is 3.30. The molecule has 1 aliphatic heterocycles. The first-order chi connectivity index (χ1) is 11.1. The molecule has 2 aromatic carbocycles. The van der Waals surface area contributed by atoms with Crippen LogP contribution in [0.15, 0.2) is 60.3 Å². The molecule has 0 amide bonds. The first-order valence-electron chi connectivity index (χ1n) is 8.40. The minimum atomic E-state index is 0.262. The van der Waals surface area contributed by atoms with Gasteiger partial charge in [0, 0.05) is 11.8 Å². The quantitative estimate of drug-likeness (QED) is 0.789. The van der Waals surface area contributed by atoms with E-state index in [1.165, 1.54) is 39.0 Å². The molecule has 0 fully saturated rings. The van der Waals surface area contributed by atoms with Crippen LogP contribution in [0.2, 0.25) is 0 Å². The van der Waals surface area contributed by atoms with Crippen molar-refractivity contribution in [3.63, 3.8) is 0 Å². The molecule has 1 atom stereocenters. The van der Waals surface area contributed by atoms with Gasteiger partial charge in [-0.2, -0.15) is 0 Å². The number of nitrogens with one attached hydrogen (secondary N) is 1. The first-order valence-corrected chi connectivity index (χ1v) is 8.40. The highest BCUT2D eigenvalue weighted by Crippen LogP contribution is 2.31. The Morgan fingerprint density at radius 3 is 2.43 bits per heavy atom. The third-order valence-electron chi connectivity index (χ3n) is 4.60. The molecule has 0 aliphatic carbocycles. The summed E-state index contributed by atoms with van der Waals surface area (Å²) in [5.74, 6) is 0. The van der Waals surface area contributed by atoms with E-state index in [1.807, 2.05) is 0 Å². The zero-order valence-electron chi connectivity index (χ0n) is 14.5. The molecule has 1 aliphatic rings. The summed E-state index contributed by atoms with van der Waals surface area (Å²) in [5.41, 5.74) is 9.34. The van der Waals surface area contributed by atoms with Gasteiger partial charge in [0.05, 0.1) is 6.04 Å². The Morgan fingerprint density at radius 1 is 0.957 bits per heavy atom. The molecule has 1 heterocycles. The van der Waals surface area contributed by atoms with Gasteiger partial charge in [-0.3, -0.25) is 0 Å². The van der Waals surface area contributed by atoms with Gasteiger partial charge in [-0.15, -0.1) is 0 Å². The summed E-state index contributed by atoms with van der Waals surface area (Å²) in [6.45, 7) is 8.74. The molecule has 1 heteroatoms. The molecule has 1 N–H and O–H groups in total. The Hall–Kier alpha value is -2.28. The highest BCUT2D eigenvalue weighted by molar-refractivity contribution is 5.79. The molecule has 1 nitrogen and oxygen atoms in total. The molecule has 0 aromatic heterocycles. The van der Waals surface area contributed by atoms with Gasteiger partial charge in [-0.1, -0.05) is 66.6 Å². The Balaban J connectivity index is 1.93. The van der Waals surface area contributed by atoms with Crippen LogP contribution in [0.3, 0.4) is 0 Å². The van der Waals surface area contributed by atoms with Crippen LogP contribution in [0.1, 0.15) is 47.7 Å². The van der Waals surface area contributed by atoms with Gasteiger partial charge in [0.15, 0.2) is 0 Å². The lowest BCUT2D eigenvalue weighted by Crippen LogP contribution is -2.19. The lowest BCUT2D eigenvalue weighted by molar-refractivity contribution is 0.731.